The Hall–Kier alpha value is -1.50. The van der Waals surface area contributed by atoms with E-state index in [2.05, 4.69) is 4.90 Å². The Labute approximate surface area is 142 Å². The minimum Gasteiger partial charge on any atom is -0.496 e. The number of nitrogens with two attached hydrogens (primary N) is 1. The Morgan fingerprint density at radius 2 is 2.00 bits per heavy atom. The number of benzene rings is 1. The Morgan fingerprint density at radius 3 is 2.61 bits per heavy atom. The van der Waals surface area contributed by atoms with Crippen LogP contribution in [-0.4, -0.2) is 68.8 Å². The largest absolute Gasteiger partial charge is 0.496 e. The molecule has 23 heavy (non-hydrogen) atoms. The van der Waals surface area contributed by atoms with E-state index in [4.69, 9.17) is 26.8 Å². The summed E-state index contributed by atoms with van der Waals surface area (Å²) in [6, 6.07) is 3.17. The van der Waals surface area contributed by atoms with Crippen LogP contribution in [0.2, 0.25) is 5.02 Å². The Balaban J connectivity index is 1.99. The van der Waals surface area contributed by atoms with Crippen LogP contribution in [-0.2, 0) is 4.74 Å². The van der Waals surface area contributed by atoms with Gasteiger partial charge in [0.15, 0.2) is 0 Å². The van der Waals surface area contributed by atoms with Crippen molar-refractivity contribution in [3.63, 3.8) is 0 Å². The summed E-state index contributed by atoms with van der Waals surface area (Å²) in [6.45, 7) is 7.37. The fourth-order valence-corrected chi connectivity index (χ4v) is 2.75. The number of halogens is 1. The number of piperazine rings is 1. The van der Waals surface area contributed by atoms with Gasteiger partial charge in [-0.05, 0) is 13.0 Å². The van der Waals surface area contributed by atoms with Gasteiger partial charge in [0.2, 0.25) is 0 Å². The molecule has 1 fully saturated rings. The van der Waals surface area contributed by atoms with Crippen LogP contribution in [0.15, 0.2) is 12.1 Å². The number of hydrogen-bond acceptors (Lipinski definition) is 5. The van der Waals surface area contributed by atoms with Gasteiger partial charge in [-0.3, -0.25) is 9.69 Å². The quantitative estimate of drug-likeness (QED) is 0.630. The molecule has 0 saturated carbocycles. The molecule has 2 N–H and O–H groups in total. The molecule has 0 aliphatic carbocycles. The van der Waals surface area contributed by atoms with Gasteiger partial charge in [-0.2, -0.15) is 0 Å². The van der Waals surface area contributed by atoms with Crippen molar-refractivity contribution in [2.75, 3.05) is 58.8 Å². The van der Waals surface area contributed by atoms with Crippen molar-refractivity contribution >= 4 is 23.2 Å². The number of nitrogens with zero attached hydrogens (tertiary/aromatic N) is 2. The minimum absolute atomic E-state index is 0.0757. The average Bonchev–Trinajstić information content (AvgIpc) is 2.57. The van der Waals surface area contributed by atoms with Crippen molar-refractivity contribution < 1.29 is 14.3 Å². The number of amides is 1. The van der Waals surface area contributed by atoms with Crippen LogP contribution in [0.1, 0.15) is 17.3 Å². The monoisotopic (exact) mass is 341 g/mol. The second-order valence-electron chi connectivity index (χ2n) is 5.40. The third-order valence-corrected chi connectivity index (χ3v) is 4.29. The van der Waals surface area contributed by atoms with E-state index in [-0.39, 0.29) is 5.91 Å². The van der Waals surface area contributed by atoms with E-state index in [1.165, 1.54) is 7.11 Å². The van der Waals surface area contributed by atoms with E-state index in [0.29, 0.717) is 35.1 Å². The SMILES string of the molecule is CCOCCN1CCN(C(=O)c2cc(Cl)c(N)cc2OC)CC1. The predicted molar refractivity (Wildman–Crippen MR) is 91.3 cm³/mol. The van der Waals surface area contributed by atoms with Crippen LogP contribution in [0.5, 0.6) is 5.75 Å². The van der Waals surface area contributed by atoms with Crippen LogP contribution in [0.3, 0.4) is 0 Å². The van der Waals surface area contributed by atoms with Gasteiger partial charge < -0.3 is 20.1 Å². The fourth-order valence-electron chi connectivity index (χ4n) is 2.59. The molecule has 1 aliphatic rings. The topological polar surface area (TPSA) is 68.0 Å². The summed E-state index contributed by atoms with van der Waals surface area (Å²) in [7, 11) is 1.52. The van der Waals surface area contributed by atoms with Gasteiger partial charge in [-0.15, -0.1) is 0 Å². The van der Waals surface area contributed by atoms with Crippen LogP contribution < -0.4 is 10.5 Å². The van der Waals surface area contributed by atoms with Crippen LogP contribution in [0.4, 0.5) is 5.69 Å². The smallest absolute Gasteiger partial charge is 0.257 e. The van der Waals surface area contributed by atoms with Gasteiger partial charge in [-0.1, -0.05) is 11.6 Å². The molecule has 6 nitrogen and oxygen atoms in total. The molecule has 1 aliphatic heterocycles. The number of anilines is 1. The molecule has 128 valence electrons. The molecule has 0 spiro atoms. The molecule has 1 heterocycles. The average molecular weight is 342 g/mol. The van der Waals surface area contributed by atoms with Crippen molar-refractivity contribution in [3.8, 4) is 5.75 Å². The number of hydrogen-bond donors (Lipinski definition) is 1. The number of carbonyl (C=O) groups excluding carboxylic acids is 1. The van der Waals surface area contributed by atoms with Gasteiger partial charge >= 0.3 is 0 Å². The third kappa shape index (κ3) is 4.50. The molecule has 1 aromatic carbocycles. The maximum absolute atomic E-state index is 12.7. The summed E-state index contributed by atoms with van der Waals surface area (Å²) < 4.78 is 10.6. The van der Waals surface area contributed by atoms with Crippen molar-refractivity contribution in [1.82, 2.24) is 9.80 Å². The van der Waals surface area contributed by atoms with E-state index in [0.717, 1.165) is 32.8 Å². The summed E-state index contributed by atoms with van der Waals surface area (Å²) in [6.07, 6.45) is 0. The molecule has 0 unspecified atom stereocenters. The zero-order valence-electron chi connectivity index (χ0n) is 13.7. The lowest BCUT2D eigenvalue weighted by molar-refractivity contribution is 0.0562. The molecular weight excluding hydrogens is 318 g/mol. The van der Waals surface area contributed by atoms with Crippen LogP contribution >= 0.6 is 11.6 Å². The van der Waals surface area contributed by atoms with Crippen LogP contribution in [0.25, 0.3) is 0 Å². The summed E-state index contributed by atoms with van der Waals surface area (Å²) in [5.74, 6) is 0.379. The maximum atomic E-state index is 12.7. The van der Waals surface area contributed by atoms with Crippen molar-refractivity contribution in [2.24, 2.45) is 0 Å². The maximum Gasteiger partial charge on any atom is 0.257 e. The first-order valence-corrected chi connectivity index (χ1v) is 8.17. The highest BCUT2D eigenvalue weighted by Crippen LogP contribution is 2.29. The highest BCUT2D eigenvalue weighted by atomic mass is 35.5. The molecule has 7 heteroatoms. The van der Waals surface area contributed by atoms with Crippen molar-refractivity contribution in [2.45, 2.75) is 6.92 Å². The summed E-state index contributed by atoms with van der Waals surface area (Å²) >= 11 is 6.05. The fraction of sp³-hybridized carbons (Fsp3) is 0.562. The van der Waals surface area contributed by atoms with Gasteiger partial charge in [0.05, 0.1) is 30.0 Å². The molecule has 0 aromatic heterocycles. The number of ether oxygens (including phenoxy) is 2. The normalized spacial score (nSPS) is 15.7. The van der Waals surface area contributed by atoms with Crippen molar-refractivity contribution in [1.29, 1.82) is 0 Å². The highest BCUT2D eigenvalue weighted by molar-refractivity contribution is 6.33. The minimum atomic E-state index is -0.0757. The highest BCUT2D eigenvalue weighted by Gasteiger charge is 2.25. The number of carbonyl (C=O) groups is 1. The van der Waals surface area contributed by atoms with E-state index in [1.807, 2.05) is 11.8 Å². The predicted octanol–water partition coefficient (Wildman–Crippen LogP) is 1.73. The van der Waals surface area contributed by atoms with E-state index < -0.39 is 0 Å². The molecule has 1 saturated heterocycles. The summed E-state index contributed by atoms with van der Waals surface area (Å²) in [5.41, 5.74) is 6.62. The summed E-state index contributed by atoms with van der Waals surface area (Å²) in [4.78, 5) is 16.8. The molecule has 0 bridgehead atoms. The zero-order valence-corrected chi connectivity index (χ0v) is 14.4. The molecule has 2 rings (SSSR count). The second-order valence-corrected chi connectivity index (χ2v) is 5.81. The standard InChI is InChI=1S/C16H24ClN3O3/c1-3-23-9-8-19-4-6-20(7-5-19)16(21)12-10-13(17)14(18)11-15(12)22-2/h10-11H,3-9,18H2,1-2H3. The number of methoxy groups -OCH3 is 1. The Kier molecular flexibility index (Phi) is 6.50. The van der Waals surface area contributed by atoms with Gasteiger partial charge in [0.1, 0.15) is 5.75 Å². The Bertz CT molecular complexity index is 546. The summed E-state index contributed by atoms with van der Waals surface area (Å²) in [5, 5.41) is 0.365. The number of rotatable bonds is 6. The Morgan fingerprint density at radius 1 is 1.30 bits per heavy atom. The van der Waals surface area contributed by atoms with E-state index >= 15 is 0 Å². The first-order valence-electron chi connectivity index (χ1n) is 7.79. The third-order valence-electron chi connectivity index (χ3n) is 3.96. The zero-order chi connectivity index (χ0) is 16.8. The lowest BCUT2D eigenvalue weighted by atomic mass is 10.1. The molecular formula is C16H24ClN3O3. The molecule has 1 amide bonds. The lowest BCUT2D eigenvalue weighted by Gasteiger charge is -2.34. The lowest BCUT2D eigenvalue weighted by Crippen LogP contribution is -2.49. The first kappa shape index (κ1) is 17.8. The van der Waals surface area contributed by atoms with E-state index in [9.17, 15) is 4.79 Å². The molecule has 0 atom stereocenters. The molecule has 0 radical (unpaired) electrons. The van der Waals surface area contributed by atoms with Gasteiger partial charge in [0, 0.05) is 45.4 Å². The van der Waals surface area contributed by atoms with Gasteiger partial charge in [0.25, 0.3) is 5.91 Å². The molecule has 1 aromatic rings. The number of nitrogen functional groups attached to an aromatic ring is 1. The van der Waals surface area contributed by atoms with Gasteiger partial charge in [-0.25, -0.2) is 0 Å². The van der Waals surface area contributed by atoms with Crippen LogP contribution in [0, 0.1) is 0 Å². The second kappa shape index (κ2) is 8.38. The van der Waals surface area contributed by atoms with Crippen molar-refractivity contribution in [3.05, 3.63) is 22.7 Å². The first-order chi connectivity index (χ1) is 11.1. The van der Waals surface area contributed by atoms with E-state index in [1.54, 1.807) is 12.1 Å².